The van der Waals surface area contributed by atoms with Crippen LogP contribution < -0.4 is 10.5 Å². The second kappa shape index (κ2) is 11.8. The Morgan fingerprint density at radius 2 is 1.62 bits per heavy atom. The van der Waals surface area contributed by atoms with E-state index in [-0.39, 0.29) is 6.54 Å². The zero-order valence-corrected chi connectivity index (χ0v) is 20.5. The van der Waals surface area contributed by atoms with Crippen LogP contribution in [0.5, 0.6) is 0 Å². The van der Waals surface area contributed by atoms with E-state index in [2.05, 4.69) is 33.9 Å². The molecule has 1 aliphatic carbocycles. The number of unbranched alkanes of at least 4 members (excludes halogenated alkanes) is 1. The van der Waals surface area contributed by atoms with Crippen molar-refractivity contribution >= 4 is 10.0 Å². The Bertz CT molecular complexity index is 1150. The first kappa shape index (κ1) is 24.6. The molecule has 0 fully saturated rings. The highest BCUT2D eigenvalue weighted by Crippen LogP contribution is 2.35. The lowest BCUT2D eigenvalue weighted by molar-refractivity contribution is 0.167. The molecule has 0 spiro atoms. The molecule has 0 aliphatic heterocycles. The molecule has 0 saturated carbocycles. The molecule has 3 N–H and O–H groups in total. The fraction of sp³-hybridized carbons (Fsp3) is 0.357. The lowest BCUT2D eigenvalue weighted by Gasteiger charge is -2.36. The second-order valence-electron chi connectivity index (χ2n) is 9.03. The standard InChI is InChI=1S/C28H35N3O2S/c29-19-6-7-20-31(28-14-8-12-25-11-4-5-13-27(25)28)22-24-15-17-26(18-16-24)34(32,33)30-21-23-9-2-1-3-10-23/h1-5,9-11,13,15-18,28,30H,6-8,12,14,19-22,29H2. The van der Waals surface area contributed by atoms with Crippen molar-refractivity contribution in [1.29, 1.82) is 0 Å². The summed E-state index contributed by atoms with van der Waals surface area (Å²) in [5, 5.41) is 0. The summed E-state index contributed by atoms with van der Waals surface area (Å²) in [6.45, 7) is 2.76. The second-order valence-corrected chi connectivity index (χ2v) is 10.8. The summed E-state index contributed by atoms with van der Waals surface area (Å²) in [6.07, 6.45) is 5.56. The Morgan fingerprint density at radius 3 is 2.38 bits per heavy atom. The number of rotatable bonds is 11. The van der Waals surface area contributed by atoms with Gasteiger partial charge in [-0.3, -0.25) is 4.90 Å². The van der Waals surface area contributed by atoms with Crippen molar-refractivity contribution < 1.29 is 8.42 Å². The lowest BCUT2D eigenvalue weighted by Crippen LogP contribution is -2.32. The highest BCUT2D eigenvalue weighted by Gasteiger charge is 2.25. The summed E-state index contributed by atoms with van der Waals surface area (Å²) >= 11 is 0. The van der Waals surface area contributed by atoms with E-state index in [0.29, 0.717) is 17.5 Å². The molecule has 3 aromatic rings. The van der Waals surface area contributed by atoms with Crippen LogP contribution >= 0.6 is 0 Å². The van der Waals surface area contributed by atoms with Gasteiger partial charge in [-0.1, -0.05) is 66.7 Å². The lowest BCUT2D eigenvalue weighted by atomic mass is 9.86. The highest BCUT2D eigenvalue weighted by molar-refractivity contribution is 7.89. The summed E-state index contributed by atoms with van der Waals surface area (Å²) in [7, 11) is -3.56. The molecule has 1 aliphatic rings. The van der Waals surface area contributed by atoms with Crippen LogP contribution in [0, 0.1) is 0 Å². The largest absolute Gasteiger partial charge is 0.330 e. The molecule has 4 rings (SSSR count). The Labute approximate surface area is 204 Å². The molecule has 34 heavy (non-hydrogen) atoms. The summed E-state index contributed by atoms with van der Waals surface area (Å²) < 4.78 is 28.2. The predicted octanol–water partition coefficient (Wildman–Crippen LogP) is 4.78. The Balaban J connectivity index is 1.47. The van der Waals surface area contributed by atoms with E-state index in [0.717, 1.165) is 49.9 Å². The molecule has 0 saturated heterocycles. The summed E-state index contributed by atoms with van der Waals surface area (Å²) in [5.74, 6) is 0. The van der Waals surface area contributed by atoms with Crippen LogP contribution in [0.25, 0.3) is 0 Å². The van der Waals surface area contributed by atoms with Crippen molar-refractivity contribution in [2.24, 2.45) is 5.73 Å². The number of benzene rings is 3. The van der Waals surface area contributed by atoms with Gasteiger partial charge in [0.1, 0.15) is 0 Å². The van der Waals surface area contributed by atoms with Crippen LogP contribution in [0.4, 0.5) is 0 Å². The van der Waals surface area contributed by atoms with E-state index in [4.69, 9.17) is 5.73 Å². The normalized spacial score (nSPS) is 15.9. The van der Waals surface area contributed by atoms with Crippen LogP contribution in [-0.2, 0) is 29.5 Å². The van der Waals surface area contributed by atoms with E-state index >= 15 is 0 Å². The average molecular weight is 478 g/mol. The third-order valence-electron chi connectivity index (χ3n) is 6.61. The van der Waals surface area contributed by atoms with Crippen molar-refractivity contribution in [3.63, 3.8) is 0 Å². The van der Waals surface area contributed by atoms with Gasteiger partial charge in [0.15, 0.2) is 0 Å². The highest BCUT2D eigenvalue weighted by atomic mass is 32.2. The minimum Gasteiger partial charge on any atom is -0.330 e. The third kappa shape index (κ3) is 6.33. The van der Waals surface area contributed by atoms with E-state index in [9.17, 15) is 8.42 Å². The van der Waals surface area contributed by atoms with Gasteiger partial charge < -0.3 is 5.73 Å². The first-order valence-corrected chi connectivity index (χ1v) is 13.7. The maximum atomic E-state index is 12.8. The van der Waals surface area contributed by atoms with Gasteiger partial charge in [-0.25, -0.2) is 13.1 Å². The maximum absolute atomic E-state index is 12.8. The Hall–Kier alpha value is -2.51. The van der Waals surface area contributed by atoms with Crippen LogP contribution in [-0.4, -0.2) is 26.4 Å². The zero-order chi connectivity index (χ0) is 23.8. The van der Waals surface area contributed by atoms with Crippen molar-refractivity contribution in [1.82, 2.24) is 9.62 Å². The van der Waals surface area contributed by atoms with E-state index in [1.165, 1.54) is 17.5 Å². The fourth-order valence-electron chi connectivity index (χ4n) is 4.78. The van der Waals surface area contributed by atoms with Crippen LogP contribution in [0.1, 0.15) is 54.0 Å². The maximum Gasteiger partial charge on any atom is 0.240 e. The van der Waals surface area contributed by atoms with Crippen LogP contribution in [0.2, 0.25) is 0 Å². The average Bonchev–Trinajstić information content (AvgIpc) is 2.88. The van der Waals surface area contributed by atoms with Crippen molar-refractivity contribution in [2.75, 3.05) is 13.1 Å². The van der Waals surface area contributed by atoms with Gasteiger partial charge in [-0.05, 0) is 79.6 Å². The fourth-order valence-corrected chi connectivity index (χ4v) is 5.80. The van der Waals surface area contributed by atoms with Gasteiger partial charge in [0, 0.05) is 19.1 Å². The SMILES string of the molecule is NCCCCN(Cc1ccc(S(=O)(=O)NCc2ccccc2)cc1)C1CCCc2ccccc21. The molecule has 1 atom stereocenters. The number of nitrogens with zero attached hydrogens (tertiary/aromatic N) is 1. The number of fused-ring (bicyclic) bond motifs is 1. The first-order chi connectivity index (χ1) is 16.6. The smallest absolute Gasteiger partial charge is 0.240 e. The van der Waals surface area contributed by atoms with Gasteiger partial charge in [-0.15, -0.1) is 0 Å². The van der Waals surface area contributed by atoms with Gasteiger partial charge in [0.2, 0.25) is 10.0 Å². The number of hydrogen-bond acceptors (Lipinski definition) is 4. The molecule has 0 radical (unpaired) electrons. The Kier molecular flexibility index (Phi) is 8.51. The Morgan fingerprint density at radius 1 is 0.882 bits per heavy atom. The summed E-state index contributed by atoms with van der Waals surface area (Å²) in [5.41, 5.74) is 10.7. The number of hydrogen-bond donors (Lipinski definition) is 2. The number of aryl methyl sites for hydroxylation is 1. The third-order valence-corrected chi connectivity index (χ3v) is 8.02. The van der Waals surface area contributed by atoms with Gasteiger partial charge in [0.25, 0.3) is 0 Å². The molecule has 0 aromatic heterocycles. The van der Waals surface area contributed by atoms with Gasteiger partial charge in [-0.2, -0.15) is 0 Å². The number of nitrogens with two attached hydrogens (primary N) is 1. The first-order valence-electron chi connectivity index (χ1n) is 12.2. The summed E-state index contributed by atoms with van der Waals surface area (Å²) in [6, 6.07) is 26.1. The molecular formula is C28H35N3O2S. The molecule has 3 aromatic carbocycles. The van der Waals surface area contributed by atoms with E-state index in [1.54, 1.807) is 12.1 Å². The quantitative estimate of drug-likeness (QED) is 0.390. The predicted molar refractivity (Wildman–Crippen MR) is 138 cm³/mol. The summed E-state index contributed by atoms with van der Waals surface area (Å²) in [4.78, 5) is 2.84. The number of nitrogens with one attached hydrogen (secondary N) is 1. The topological polar surface area (TPSA) is 75.4 Å². The molecular weight excluding hydrogens is 442 g/mol. The minimum atomic E-state index is -3.56. The minimum absolute atomic E-state index is 0.279. The van der Waals surface area contributed by atoms with Crippen molar-refractivity contribution in [3.05, 3.63) is 101 Å². The number of sulfonamides is 1. The van der Waals surface area contributed by atoms with Crippen LogP contribution in [0.15, 0.2) is 83.8 Å². The van der Waals surface area contributed by atoms with Crippen LogP contribution in [0.3, 0.4) is 0 Å². The van der Waals surface area contributed by atoms with Gasteiger partial charge in [0.05, 0.1) is 4.90 Å². The molecule has 5 nitrogen and oxygen atoms in total. The van der Waals surface area contributed by atoms with Crippen molar-refractivity contribution in [3.8, 4) is 0 Å². The monoisotopic (exact) mass is 477 g/mol. The van der Waals surface area contributed by atoms with Gasteiger partial charge >= 0.3 is 0 Å². The van der Waals surface area contributed by atoms with E-state index in [1.807, 2.05) is 42.5 Å². The van der Waals surface area contributed by atoms with Crippen molar-refractivity contribution in [2.45, 2.75) is 56.1 Å². The molecule has 0 heterocycles. The molecule has 1 unspecified atom stereocenters. The molecule has 180 valence electrons. The molecule has 0 bridgehead atoms. The zero-order valence-electron chi connectivity index (χ0n) is 19.7. The molecule has 6 heteroatoms. The molecule has 0 amide bonds. The van der Waals surface area contributed by atoms with E-state index < -0.39 is 10.0 Å².